The molecule has 10 heteroatoms. The first kappa shape index (κ1) is 35.8. The molecule has 28 heavy (non-hydrogen) atoms. The minimum atomic E-state index is -1.27. The molecule has 0 N–H and O–H groups in total. The number of benzene rings is 2. The third kappa shape index (κ3) is 21.1. The van der Waals surface area contributed by atoms with Crippen molar-refractivity contribution in [3.05, 3.63) is 87.3 Å². The van der Waals surface area contributed by atoms with E-state index in [1.54, 1.807) is 0 Å². The molecule has 0 saturated carbocycles. The third-order valence-corrected chi connectivity index (χ3v) is 5.85. The van der Waals surface area contributed by atoms with E-state index in [2.05, 4.69) is 64.3 Å². The fourth-order valence-electron chi connectivity index (χ4n) is 1.58. The van der Waals surface area contributed by atoms with Crippen LogP contribution in [-0.4, -0.2) is 30.2 Å². The molecular formula is C18H24Au2O4P2S2. The number of rotatable bonds is 2. The summed E-state index contributed by atoms with van der Waals surface area (Å²) in [7, 11) is -2.54. The van der Waals surface area contributed by atoms with Crippen molar-refractivity contribution in [2.45, 2.75) is 0 Å². The summed E-state index contributed by atoms with van der Waals surface area (Å²) in [6.07, 6.45) is 0. The van der Waals surface area contributed by atoms with Crippen LogP contribution in [0.5, 0.6) is 0 Å². The average Bonchev–Trinajstić information content (AvgIpc) is 2.57. The summed E-state index contributed by atoms with van der Waals surface area (Å²) in [6, 6.07) is 20.5. The van der Waals surface area contributed by atoms with Gasteiger partial charge in [0.15, 0.2) is 0 Å². The minimum Gasteiger partial charge on any atom is -0.231 e. The number of hydrogen-bond acceptors (Lipinski definition) is 4. The average molecular weight is 824 g/mol. The minimum absolute atomic E-state index is 0. The molecule has 0 aliphatic rings. The summed E-state index contributed by atoms with van der Waals surface area (Å²) in [4.78, 5) is 0. The molecule has 0 saturated heterocycles. The Hall–Kier alpha value is 0.421. The monoisotopic (exact) mass is 824 g/mol. The maximum absolute atomic E-state index is 8.29. The van der Waals surface area contributed by atoms with Crippen LogP contribution in [0.3, 0.4) is 0 Å². The molecule has 164 valence electrons. The Balaban J connectivity index is -0.000000153. The van der Waals surface area contributed by atoms with Crippen LogP contribution in [0.1, 0.15) is 0 Å². The van der Waals surface area contributed by atoms with E-state index in [1.165, 1.54) is 10.6 Å². The summed E-state index contributed by atoms with van der Waals surface area (Å²) in [5.74, 6) is 0. The van der Waals surface area contributed by atoms with Crippen LogP contribution in [0.15, 0.2) is 60.7 Å². The van der Waals surface area contributed by atoms with Crippen LogP contribution in [0.2, 0.25) is 0 Å². The van der Waals surface area contributed by atoms with Gasteiger partial charge >= 0.3 is 67.9 Å². The van der Waals surface area contributed by atoms with Gasteiger partial charge in [-0.05, 0) is 24.3 Å². The topological polar surface area (TPSA) is 68.3 Å². The first-order chi connectivity index (χ1) is 12.0. The molecule has 0 aromatic heterocycles. The van der Waals surface area contributed by atoms with Gasteiger partial charge in [-0.25, -0.2) is 41.2 Å². The second-order valence-electron chi connectivity index (χ2n) is 5.60. The van der Waals surface area contributed by atoms with Gasteiger partial charge < -0.3 is 0 Å². The molecule has 0 fully saturated rings. The summed E-state index contributed by atoms with van der Waals surface area (Å²) in [6.45, 7) is 20.4. The summed E-state index contributed by atoms with van der Waals surface area (Å²) < 4.78 is 33.2. The molecule has 0 unspecified atom stereocenters. The van der Waals surface area contributed by atoms with Crippen molar-refractivity contribution in [1.29, 1.82) is 0 Å². The van der Waals surface area contributed by atoms with E-state index in [9.17, 15) is 0 Å². The van der Waals surface area contributed by atoms with Crippen LogP contribution in [0, 0.1) is 26.7 Å². The zero-order valence-electron chi connectivity index (χ0n) is 15.5. The van der Waals surface area contributed by atoms with Gasteiger partial charge in [0, 0.05) is 23.9 Å². The number of hydrogen-bond donors (Lipinski definition) is 0. The van der Waals surface area contributed by atoms with Gasteiger partial charge in [0.25, 0.3) is 0 Å². The molecule has 0 heterocycles. The second-order valence-corrected chi connectivity index (χ2v) is 12.5. The van der Waals surface area contributed by atoms with E-state index in [4.69, 9.17) is 16.8 Å². The third-order valence-electron chi connectivity index (χ3n) is 2.76. The summed E-state index contributed by atoms with van der Waals surface area (Å²) in [5.41, 5.74) is 0. The smallest absolute Gasteiger partial charge is 0.231 e. The zero-order chi connectivity index (χ0) is 20.6. The molecule has 2 aromatic rings. The Morgan fingerprint density at radius 2 is 0.750 bits per heavy atom. The predicted octanol–water partition coefficient (Wildman–Crippen LogP) is 3.74. The first-order valence-corrected chi connectivity index (χ1v) is 13.6. The molecule has 0 radical (unpaired) electrons. The van der Waals surface area contributed by atoms with Crippen LogP contribution < -0.4 is 10.6 Å². The van der Waals surface area contributed by atoms with E-state index >= 15 is 0 Å². The quantitative estimate of drug-likeness (QED) is 0.263. The second kappa shape index (κ2) is 20.7. The van der Waals surface area contributed by atoms with E-state index in [0.29, 0.717) is 0 Å². The molecule has 2 aromatic carbocycles. The normalized spacial score (nSPS) is 9.07. The van der Waals surface area contributed by atoms with Gasteiger partial charge in [-0.3, -0.25) is 0 Å². The van der Waals surface area contributed by atoms with E-state index in [1.807, 2.05) is 36.4 Å². The fourth-order valence-corrected chi connectivity index (χ4v) is 3.36. The van der Waals surface area contributed by atoms with Crippen LogP contribution in [-0.2, 0) is 67.9 Å². The van der Waals surface area contributed by atoms with Gasteiger partial charge in [-0.2, -0.15) is 16.8 Å². The van der Waals surface area contributed by atoms with Gasteiger partial charge in [0.2, 0.25) is 0 Å². The standard InChI is InChI=1S/2C9H12P.2Au.2O2S/c2*1-10(2,3)9-7-5-4-6-8-9;;;2*1-3-2/h2*4-8H,1-2H2,3H3;;;;/q2*-1;2*+1;;. The van der Waals surface area contributed by atoms with Crippen LogP contribution in [0.25, 0.3) is 0 Å². The Labute approximate surface area is 209 Å². The van der Waals surface area contributed by atoms with Crippen molar-refractivity contribution in [1.82, 2.24) is 0 Å². The molecule has 0 spiro atoms. The molecular weight excluding hydrogens is 800 g/mol. The SMILES string of the molecule is O=S=O.O=S=O.[Au+].[Au+].[CH2-][P+]([CH2-])(C)c1ccccc1.[CH2-][P+]([CH2-])(C)c1ccccc1. The van der Waals surface area contributed by atoms with E-state index < -0.39 is 37.7 Å². The largest absolute Gasteiger partial charge is 1.00 e. The molecule has 0 aliphatic carbocycles. The van der Waals surface area contributed by atoms with Crippen molar-refractivity contribution in [3.63, 3.8) is 0 Å². The Morgan fingerprint density at radius 3 is 0.857 bits per heavy atom. The molecule has 0 amide bonds. The van der Waals surface area contributed by atoms with Crippen molar-refractivity contribution in [2.24, 2.45) is 0 Å². The Bertz CT molecular complexity index is 619. The van der Waals surface area contributed by atoms with Crippen molar-refractivity contribution >= 4 is 48.3 Å². The Kier molecular flexibility index (Phi) is 26.5. The van der Waals surface area contributed by atoms with E-state index in [-0.39, 0.29) is 44.8 Å². The predicted molar refractivity (Wildman–Crippen MR) is 117 cm³/mol. The Morgan fingerprint density at radius 1 is 0.571 bits per heavy atom. The molecule has 0 aliphatic heterocycles. The van der Waals surface area contributed by atoms with Crippen molar-refractivity contribution < 1.29 is 61.6 Å². The maximum atomic E-state index is 8.29. The van der Waals surface area contributed by atoms with Gasteiger partial charge in [-0.15, -0.1) is 0 Å². The molecule has 0 atom stereocenters. The van der Waals surface area contributed by atoms with Crippen molar-refractivity contribution in [2.75, 3.05) is 13.3 Å². The first-order valence-electron chi connectivity index (χ1n) is 7.09. The van der Waals surface area contributed by atoms with Gasteiger partial charge in [0.05, 0.1) is 0 Å². The molecule has 2 rings (SSSR count). The summed E-state index contributed by atoms with van der Waals surface area (Å²) >= 11 is -1.50. The van der Waals surface area contributed by atoms with E-state index in [0.717, 1.165) is 0 Å². The maximum Gasteiger partial charge on any atom is 1.00 e. The van der Waals surface area contributed by atoms with Crippen LogP contribution in [0.4, 0.5) is 0 Å². The molecule has 4 nitrogen and oxygen atoms in total. The molecule has 0 bridgehead atoms. The zero-order valence-corrected chi connectivity index (χ0v) is 23.3. The summed E-state index contributed by atoms with van der Waals surface area (Å²) in [5, 5.41) is 2.57. The van der Waals surface area contributed by atoms with Gasteiger partial charge in [0.1, 0.15) is 0 Å². The van der Waals surface area contributed by atoms with Crippen LogP contribution >= 0.6 is 14.5 Å². The fraction of sp³-hybridized carbons (Fsp3) is 0.111. The van der Waals surface area contributed by atoms with Crippen molar-refractivity contribution in [3.8, 4) is 0 Å². The van der Waals surface area contributed by atoms with Gasteiger partial charge in [-0.1, -0.05) is 36.4 Å².